The van der Waals surface area contributed by atoms with Gasteiger partial charge in [0, 0.05) is 6.07 Å². The third-order valence-corrected chi connectivity index (χ3v) is 5.62. The van der Waals surface area contributed by atoms with Crippen LogP contribution in [-0.4, -0.2) is 29.9 Å². The highest BCUT2D eigenvalue weighted by Gasteiger charge is 2.19. The van der Waals surface area contributed by atoms with Crippen LogP contribution in [0.2, 0.25) is 0 Å². The Morgan fingerprint density at radius 1 is 1.07 bits per heavy atom. The summed E-state index contributed by atoms with van der Waals surface area (Å²) in [5.41, 5.74) is 2.64. The number of imidazole rings is 1. The van der Waals surface area contributed by atoms with E-state index in [1.165, 1.54) is 18.3 Å². The fourth-order valence-corrected chi connectivity index (χ4v) is 4.04. The van der Waals surface area contributed by atoms with Gasteiger partial charge in [-0.25, -0.2) is 23.7 Å². The summed E-state index contributed by atoms with van der Waals surface area (Å²) in [6.07, 6.45) is 3.20. The molecule has 10 heteroatoms. The van der Waals surface area contributed by atoms with E-state index in [4.69, 9.17) is 4.52 Å². The Labute approximate surface area is 173 Å². The van der Waals surface area contributed by atoms with Gasteiger partial charge in [-0.2, -0.15) is 5.10 Å². The molecule has 5 rings (SSSR count). The van der Waals surface area contributed by atoms with Crippen LogP contribution in [0, 0.1) is 25.5 Å². The molecular weight excluding hydrogens is 410 g/mol. The third-order valence-electron chi connectivity index (χ3n) is 4.52. The van der Waals surface area contributed by atoms with E-state index in [9.17, 15) is 8.78 Å². The molecule has 0 atom stereocenters. The Bertz CT molecular complexity index is 1340. The summed E-state index contributed by atoms with van der Waals surface area (Å²) in [4.78, 5) is 14.0. The van der Waals surface area contributed by atoms with Crippen LogP contribution in [0.5, 0.6) is 0 Å². The van der Waals surface area contributed by atoms with E-state index >= 15 is 0 Å². The van der Waals surface area contributed by atoms with Gasteiger partial charge in [-0.3, -0.25) is 4.68 Å². The van der Waals surface area contributed by atoms with E-state index in [0.717, 1.165) is 27.3 Å². The number of thiazole rings is 1. The zero-order valence-corrected chi connectivity index (χ0v) is 16.7. The highest BCUT2D eigenvalue weighted by atomic mass is 32.1. The molecule has 0 saturated carbocycles. The van der Waals surface area contributed by atoms with E-state index in [1.807, 2.05) is 19.9 Å². The molecule has 0 bridgehead atoms. The van der Waals surface area contributed by atoms with Crippen LogP contribution in [0.1, 0.15) is 16.5 Å². The molecule has 7 nitrogen and oxygen atoms in total. The van der Waals surface area contributed by atoms with Gasteiger partial charge in [0.15, 0.2) is 23.2 Å². The highest BCUT2D eigenvalue weighted by molar-refractivity contribution is 7.15. The summed E-state index contributed by atoms with van der Waals surface area (Å²) >= 11 is 1.56. The van der Waals surface area contributed by atoms with Crippen molar-refractivity contribution in [3.8, 4) is 33.3 Å². The summed E-state index contributed by atoms with van der Waals surface area (Å²) in [6, 6.07) is 5.76. The fraction of sp³-hybridized carbons (Fsp3) is 0.150. The number of fused-ring (bicyclic) bond motifs is 1. The molecule has 2 aliphatic rings. The number of rotatable bonds is 4. The number of aryl methyl sites for hydroxylation is 2. The van der Waals surface area contributed by atoms with Crippen molar-refractivity contribution in [2.24, 2.45) is 0 Å². The molecule has 0 fully saturated rings. The largest absolute Gasteiger partial charge is 0.359 e. The second kappa shape index (κ2) is 7.06. The first kappa shape index (κ1) is 18.5. The minimum absolute atomic E-state index is 0.00727. The maximum Gasteiger partial charge on any atom is 0.169 e. The van der Waals surface area contributed by atoms with E-state index in [-0.39, 0.29) is 11.4 Å². The van der Waals surface area contributed by atoms with Crippen LogP contribution in [0.3, 0.4) is 0 Å². The highest BCUT2D eigenvalue weighted by Crippen LogP contribution is 2.30. The van der Waals surface area contributed by atoms with Gasteiger partial charge in [0.25, 0.3) is 0 Å². The van der Waals surface area contributed by atoms with Crippen molar-refractivity contribution >= 4 is 11.3 Å². The summed E-state index contributed by atoms with van der Waals surface area (Å²) in [5, 5.41) is 9.40. The van der Waals surface area contributed by atoms with Crippen molar-refractivity contribution in [3.05, 3.63) is 64.8 Å². The molecule has 30 heavy (non-hydrogen) atoms. The van der Waals surface area contributed by atoms with Crippen molar-refractivity contribution in [2.45, 2.75) is 20.4 Å². The van der Waals surface area contributed by atoms with E-state index in [1.54, 1.807) is 22.2 Å². The molecule has 2 aromatic heterocycles. The number of hydrogen-bond donors (Lipinski definition) is 0. The molecule has 0 spiro atoms. The maximum atomic E-state index is 14.1. The van der Waals surface area contributed by atoms with Gasteiger partial charge in [0.2, 0.25) is 0 Å². The normalized spacial score (nSPS) is 11.5. The molecule has 4 heterocycles. The number of aromatic nitrogens is 6. The lowest BCUT2D eigenvalue weighted by molar-refractivity contribution is 0.372. The van der Waals surface area contributed by atoms with Gasteiger partial charge in [-0.1, -0.05) is 11.2 Å². The average Bonchev–Trinajstić information content (AvgIpc) is 3.42. The lowest BCUT2D eigenvalue weighted by Gasteiger charge is -2.03. The Hall–Kier alpha value is -3.53. The molecule has 150 valence electrons. The number of benzene rings is 1. The SMILES string of the molecule is Cc1nc(C)c(-c2cc(Cn3cc4nc(-c5cccc(F)c5F)nc-4cn3)on2)s1. The van der Waals surface area contributed by atoms with Crippen LogP contribution < -0.4 is 0 Å². The number of nitrogens with zero attached hydrogens (tertiary/aromatic N) is 6. The van der Waals surface area contributed by atoms with Gasteiger partial charge in [0.1, 0.15) is 23.6 Å². The fourth-order valence-electron chi connectivity index (χ4n) is 3.17. The number of halogens is 2. The summed E-state index contributed by atoms with van der Waals surface area (Å²) < 4.78 is 34.6. The standard InChI is InChI=1S/C20H14F2N6OS/c1-10-19(30-11(2)24-10)15-6-12(29-27-15)8-28-9-17-16(7-23-28)25-20(26-17)13-4-3-5-14(21)18(13)22/h3-7,9H,8H2,1-2H3. The van der Waals surface area contributed by atoms with Gasteiger partial charge < -0.3 is 4.52 Å². The van der Waals surface area contributed by atoms with Crippen LogP contribution in [0.15, 0.2) is 41.2 Å². The Morgan fingerprint density at radius 3 is 2.70 bits per heavy atom. The number of hydrogen-bond acceptors (Lipinski definition) is 7. The van der Waals surface area contributed by atoms with Crippen molar-refractivity contribution in [3.63, 3.8) is 0 Å². The van der Waals surface area contributed by atoms with Gasteiger partial charge >= 0.3 is 0 Å². The van der Waals surface area contributed by atoms with Crippen LogP contribution in [0.25, 0.3) is 33.3 Å². The van der Waals surface area contributed by atoms with E-state index in [0.29, 0.717) is 23.7 Å². The van der Waals surface area contributed by atoms with E-state index < -0.39 is 11.6 Å². The van der Waals surface area contributed by atoms with Crippen molar-refractivity contribution in [1.29, 1.82) is 0 Å². The minimum Gasteiger partial charge on any atom is -0.359 e. The Kier molecular flexibility index (Phi) is 4.35. The lowest BCUT2D eigenvalue weighted by atomic mass is 10.2. The molecular formula is C20H14F2N6OS. The van der Waals surface area contributed by atoms with Crippen molar-refractivity contribution in [1.82, 2.24) is 29.9 Å². The third kappa shape index (κ3) is 3.24. The van der Waals surface area contributed by atoms with Crippen LogP contribution in [-0.2, 0) is 6.54 Å². The van der Waals surface area contributed by atoms with Crippen molar-refractivity contribution in [2.75, 3.05) is 0 Å². The molecule has 0 aliphatic carbocycles. The monoisotopic (exact) mass is 424 g/mol. The van der Waals surface area contributed by atoms with Gasteiger partial charge in [-0.05, 0) is 26.0 Å². The average molecular weight is 424 g/mol. The molecule has 0 saturated heterocycles. The Morgan fingerprint density at radius 2 is 1.90 bits per heavy atom. The molecule has 0 unspecified atom stereocenters. The smallest absolute Gasteiger partial charge is 0.169 e. The first-order valence-corrected chi connectivity index (χ1v) is 9.84. The van der Waals surface area contributed by atoms with Crippen molar-refractivity contribution < 1.29 is 13.3 Å². The predicted molar refractivity (Wildman–Crippen MR) is 106 cm³/mol. The molecule has 0 radical (unpaired) electrons. The molecule has 0 amide bonds. The first-order chi connectivity index (χ1) is 14.5. The molecule has 2 aliphatic heterocycles. The predicted octanol–water partition coefficient (Wildman–Crippen LogP) is 4.50. The lowest BCUT2D eigenvalue weighted by Crippen LogP contribution is -2.04. The molecule has 0 N–H and O–H groups in total. The second-order valence-electron chi connectivity index (χ2n) is 6.72. The topological polar surface area (TPSA) is 82.5 Å². The summed E-state index contributed by atoms with van der Waals surface area (Å²) in [5.74, 6) is -1.19. The van der Waals surface area contributed by atoms with Crippen LogP contribution >= 0.6 is 11.3 Å². The summed E-state index contributed by atoms with van der Waals surface area (Å²) in [7, 11) is 0. The van der Waals surface area contributed by atoms with Gasteiger partial charge in [-0.15, -0.1) is 11.3 Å². The Balaban J connectivity index is 1.43. The minimum atomic E-state index is -0.976. The van der Waals surface area contributed by atoms with E-state index in [2.05, 4.69) is 25.2 Å². The zero-order valence-electron chi connectivity index (χ0n) is 15.9. The first-order valence-electron chi connectivity index (χ1n) is 9.02. The van der Waals surface area contributed by atoms with Gasteiger partial charge in [0.05, 0.1) is 33.5 Å². The zero-order chi connectivity index (χ0) is 20.8. The second-order valence-corrected chi connectivity index (χ2v) is 7.92. The summed E-state index contributed by atoms with van der Waals surface area (Å²) in [6.45, 7) is 4.21. The van der Waals surface area contributed by atoms with Crippen LogP contribution in [0.4, 0.5) is 8.78 Å². The molecule has 3 aromatic rings. The molecule has 1 aromatic carbocycles. The quantitative estimate of drug-likeness (QED) is 0.422. The maximum absolute atomic E-state index is 14.1.